The maximum Gasteiger partial charge on any atom is 0.119 e. The van der Waals surface area contributed by atoms with E-state index in [0.29, 0.717) is 39.6 Å². The first-order valence-electron chi connectivity index (χ1n) is 16.3. The summed E-state index contributed by atoms with van der Waals surface area (Å²) in [5.74, 6) is 1.67. The van der Waals surface area contributed by atoms with Gasteiger partial charge in [-0.1, -0.05) is 72.8 Å². The van der Waals surface area contributed by atoms with Crippen LogP contribution in [0.25, 0.3) is 21.5 Å². The number of aliphatic hydroxyl groups excluding tert-OH is 1. The molecular formula is C39H46N2O5. The lowest BCUT2D eigenvalue weighted by Crippen LogP contribution is -2.15. The van der Waals surface area contributed by atoms with Gasteiger partial charge in [-0.25, -0.2) is 0 Å². The number of fused-ring (bicyclic) bond motifs is 2. The van der Waals surface area contributed by atoms with Gasteiger partial charge in [0.2, 0.25) is 0 Å². The zero-order valence-electron chi connectivity index (χ0n) is 26.6. The summed E-state index contributed by atoms with van der Waals surface area (Å²) in [6, 6.07) is 35.8. The van der Waals surface area contributed by atoms with E-state index >= 15 is 0 Å². The predicted molar refractivity (Wildman–Crippen MR) is 186 cm³/mol. The zero-order valence-corrected chi connectivity index (χ0v) is 26.6. The van der Waals surface area contributed by atoms with Crippen LogP contribution in [0, 0.1) is 0 Å². The number of hydrogen-bond acceptors (Lipinski definition) is 7. The Bertz CT molecular complexity index is 1540. The summed E-state index contributed by atoms with van der Waals surface area (Å²) >= 11 is 0. The standard InChI is InChI=1S/C39H46N2O5/c42-20-6-5-19-40-28-31-11-15-35(16-12-31)45-25-23-43-21-22-44-24-26-46-36-17-13-32(14-18-36)29-41-30-39-37-9-3-1-7-33(37)27-34-8-2-4-10-38(34)39/h1-4,7-18,27,40-42H,5-6,19-26,28-30H2. The normalized spacial score (nSPS) is 11.3. The first-order chi connectivity index (χ1) is 22.8. The summed E-state index contributed by atoms with van der Waals surface area (Å²) in [5.41, 5.74) is 3.76. The van der Waals surface area contributed by atoms with E-state index in [1.165, 1.54) is 38.2 Å². The minimum atomic E-state index is 0.252. The van der Waals surface area contributed by atoms with Crippen LogP contribution >= 0.6 is 0 Å². The van der Waals surface area contributed by atoms with Crippen LogP contribution in [0.4, 0.5) is 0 Å². The van der Waals surface area contributed by atoms with Gasteiger partial charge in [-0.15, -0.1) is 0 Å². The van der Waals surface area contributed by atoms with Crippen LogP contribution in [0.1, 0.15) is 29.5 Å². The highest BCUT2D eigenvalue weighted by atomic mass is 16.6. The Morgan fingerprint density at radius 2 is 1.00 bits per heavy atom. The van der Waals surface area contributed by atoms with Crippen LogP contribution in [0.5, 0.6) is 11.5 Å². The van der Waals surface area contributed by atoms with Gasteiger partial charge in [0.05, 0.1) is 26.4 Å². The van der Waals surface area contributed by atoms with Crippen molar-refractivity contribution in [3.63, 3.8) is 0 Å². The molecular weight excluding hydrogens is 576 g/mol. The molecule has 46 heavy (non-hydrogen) atoms. The van der Waals surface area contributed by atoms with Crippen molar-refractivity contribution in [2.45, 2.75) is 32.5 Å². The first-order valence-corrected chi connectivity index (χ1v) is 16.3. The molecule has 5 aromatic rings. The molecule has 7 nitrogen and oxygen atoms in total. The molecule has 0 aliphatic rings. The lowest BCUT2D eigenvalue weighted by atomic mass is 9.97. The predicted octanol–water partition coefficient (Wildman–Crippen LogP) is 6.64. The molecule has 5 aromatic carbocycles. The van der Waals surface area contributed by atoms with Gasteiger partial charge in [-0.2, -0.15) is 0 Å². The zero-order chi connectivity index (χ0) is 31.7. The third kappa shape index (κ3) is 10.5. The summed E-state index contributed by atoms with van der Waals surface area (Å²) in [6.45, 7) is 6.58. The second-order valence-electron chi connectivity index (χ2n) is 11.2. The molecule has 0 unspecified atom stereocenters. The van der Waals surface area contributed by atoms with E-state index in [2.05, 4.69) is 89.5 Å². The molecule has 0 amide bonds. The molecule has 0 spiro atoms. The third-order valence-corrected chi connectivity index (χ3v) is 7.82. The Labute approximate surface area is 272 Å². The number of unbranched alkanes of at least 4 members (excludes halogenated alkanes) is 1. The number of aliphatic hydroxyl groups is 1. The highest BCUT2D eigenvalue weighted by molar-refractivity contribution is 6.02. The van der Waals surface area contributed by atoms with E-state index in [4.69, 9.17) is 24.1 Å². The molecule has 0 atom stereocenters. The van der Waals surface area contributed by atoms with Gasteiger partial charge in [0.1, 0.15) is 24.7 Å². The van der Waals surface area contributed by atoms with Crippen LogP contribution in [0.2, 0.25) is 0 Å². The summed E-state index contributed by atoms with van der Waals surface area (Å²) in [4.78, 5) is 0. The number of ether oxygens (including phenoxy) is 4. The molecule has 0 fully saturated rings. The Morgan fingerprint density at radius 1 is 0.500 bits per heavy atom. The Morgan fingerprint density at radius 3 is 1.54 bits per heavy atom. The van der Waals surface area contributed by atoms with Crippen molar-refractivity contribution >= 4 is 21.5 Å². The van der Waals surface area contributed by atoms with Crippen molar-refractivity contribution in [2.75, 3.05) is 52.8 Å². The maximum atomic E-state index is 8.83. The van der Waals surface area contributed by atoms with Gasteiger partial charge in [0.25, 0.3) is 0 Å². The fourth-order valence-electron chi connectivity index (χ4n) is 5.39. The molecule has 0 heterocycles. The SMILES string of the molecule is OCCCCNCc1ccc(OCCOCCOCCOc2ccc(CNCc3c4ccccc4cc4ccccc34)cc2)cc1. The quantitative estimate of drug-likeness (QED) is 0.0626. The molecule has 0 saturated carbocycles. The van der Waals surface area contributed by atoms with Gasteiger partial charge < -0.3 is 34.7 Å². The van der Waals surface area contributed by atoms with Crippen LogP contribution in [-0.4, -0.2) is 57.9 Å². The van der Waals surface area contributed by atoms with Crippen LogP contribution in [-0.2, 0) is 29.1 Å². The fraction of sp³-hybridized carbons (Fsp3) is 0.333. The van der Waals surface area contributed by atoms with Crippen molar-refractivity contribution in [3.05, 3.63) is 120 Å². The van der Waals surface area contributed by atoms with Crippen molar-refractivity contribution in [3.8, 4) is 11.5 Å². The van der Waals surface area contributed by atoms with E-state index < -0.39 is 0 Å². The summed E-state index contributed by atoms with van der Waals surface area (Å²) in [6.07, 6.45) is 1.82. The van der Waals surface area contributed by atoms with E-state index in [1.54, 1.807) is 0 Å². The molecule has 5 rings (SSSR count). The highest BCUT2D eigenvalue weighted by Crippen LogP contribution is 2.28. The second kappa shape index (κ2) is 18.9. The molecule has 242 valence electrons. The highest BCUT2D eigenvalue weighted by Gasteiger charge is 2.07. The van der Waals surface area contributed by atoms with Gasteiger partial charge in [0.15, 0.2) is 0 Å². The maximum absolute atomic E-state index is 8.83. The molecule has 7 heteroatoms. The molecule has 0 radical (unpaired) electrons. The molecule has 0 aliphatic carbocycles. The van der Waals surface area contributed by atoms with Crippen LogP contribution in [0.3, 0.4) is 0 Å². The van der Waals surface area contributed by atoms with Gasteiger partial charge in [-0.3, -0.25) is 0 Å². The van der Waals surface area contributed by atoms with Gasteiger partial charge >= 0.3 is 0 Å². The number of rotatable bonds is 21. The van der Waals surface area contributed by atoms with Crippen LogP contribution < -0.4 is 20.1 Å². The summed E-state index contributed by atoms with van der Waals surface area (Å²) in [5, 5.41) is 21.0. The Hall–Kier alpha value is -3.98. The van der Waals surface area contributed by atoms with E-state index in [-0.39, 0.29) is 6.61 Å². The minimum absolute atomic E-state index is 0.252. The summed E-state index contributed by atoms with van der Waals surface area (Å²) in [7, 11) is 0. The summed E-state index contributed by atoms with van der Waals surface area (Å²) < 4.78 is 22.9. The number of hydrogen-bond donors (Lipinski definition) is 3. The molecule has 0 saturated heterocycles. The first kappa shape index (κ1) is 33.4. The number of nitrogens with one attached hydrogen (secondary N) is 2. The van der Waals surface area contributed by atoms with Crippen LogP contribution in [0.15, 0.2) is 103 Å². The van der Waals surface area contributed by atoms with E-state index in [9.17, 15) is 0 Å². The van der Waals surface area contributed by atoms with Gasteiger partial charge in [0, 0.05) is 26.2 Å². The lowest BCUT2D eigenvalue weighted by molar-refractivity contribution is 0.0273. The topological polar surface area (TPSA) is 81.2 Å². The average molecular weight is 623 g/mol. The molecule has 3 N–H and O–H groups in total. The average Bonchev–Trinajstić information content (AvgIpc) is 3.10. The minimum Gasteiger partial charge on any atom is -0.491 e. The lowest BCUT2D eigenvalue weighted by Gasteiger charge is -2.13. The second-order valence-corrected chi connectivity index (χ2v) is 11.2. The van der Waals surface area contributed by atoms with Gasteiger partial charge in [-0.05, 0) is 88.0 Å². The Kier molecular flexibility index (Phi) is 13.7. The van der Waals surface area contributed by atoms with Crippen molar-refractivity contribution in [1.82, 2.24) is 10.6 Å². The van der Waals surface area contributed by atoms with E-state index in [1.807, 2.05) is 24.3 Å². The smallest absolute Gasteiger partial charge is 0.119 e. The molecule has 0 bridgehead atoms. The monoisotopic (exact) mass is 622 g/mol. The van der Waals surface area contributed by atoms with Crippen molar-refractivity contribution < 1.29 is 24.1 Å². The largest absolute Gasteiger partial charge is 0.491 e. The third-order valence-electron chi connectivity index (χ3n) is 7.82. The van der Waals surface area contributed by atoms with Crippen molar-refractivity contribution in [2.24, 2.45) is 0 Å². The van der Waals surface area contributed by atoms with Crippen molar-refractivity contribution in [1.29, 1.82) is 0 Å². The number of benzene rings is 5. The molecule has 0 aliphatic heterocycles. The van der Waals surface area contributed by atoms with E-state index in [0.717, 1.165) is 50.5 Å². The fourth-order valence-corrected chi connectivity index (χ4v) is 5.39. The Balaban J connectivity index is 0.902. The molecule has 0 aromatic heterocycles.